The summed E-state index contributed by atoms with van der Waals surface area (Å²) in [5, 5.41) is 12.9. The van der Waals surface area contributed by atoms with E-state index in [9.17, 15) is 18.3 Å². The van der Waals surface area contributed by atoms with Gasteiger partial charge in [0, 0.05) is 44.2 Å². The molecule has 2 rings (SSSR count). The highest BCUT2D eigenvalue weighted by Crippen LogP contribution is 2.41. The fraction of sp³-hybridized carbons (Fsp3) is 0.625. The van der Waals surface area contributed by atoms with E-state index >= 15 is 0 Å². The summed E-state index contributed by atoms with van der Waals surface area (Å²) in [7, 11) is 0. The number of benzene rings is 1. The molecule has 4 nitrogen and oxygen atoms in total. The van der Waals surface area contributed by atoms with E-state index in [0.717, 1.165) is 31.7 Å². The van der Waals surface area contributed by atoms with Crippen molar-refractivity contribution in [3.63, 3.8) is 0 Å². The van der Waals surface area contributed by atoms with Gasteiger partial charge in [0.25, 0.3) is 0 Å². The van der Waals surface area contributed by atoms with Crippen LogP contribution in [0.2, 0.25) is 5.02 Å². The average molecular weight is 403 g/mol. The molecule has 0 amide bonds. The molecule has 0 spiro atoms. The summed E-state index contributed by atoms with van der Waals surface area (Å²) in [5.74, 6) is -0.422. The molecular formula is C16H23Cl2F3N2O2. The van der Waals surface area contributed by atoms with Crippen molar-refractivity contribution in [3.8, 4) is 5.75 Å². The molecule has 1 fully saturated rings. The molecule has 1 aromatic rings. The molecule has 1 atom stereocenters. The van der Waals surface area contributed by atoms with Gasteiger partial charge < -0.3 is 15.2 Å². The van der Waals surface area contributed by atoms with Crippen LogP contribution in [0.15, 0.2) is 18.2 Å². The summed E-state index contributed by atoms with van der Waals surface area (Å²) >= 11 is 5.99. The van der Waals surface area contributed by atoms with Crippen molar-refractivity contribution in [2.24, 2.45) is 5.41 Å². The van der Waals surface area contributed by atoms with E-state index in [1.54, 1.807) is 6.07 Å². The number of hydrogen-bond donors (Lipinski definition) is 2. The van der Waals surface area contributed by atoms with Gasteiger partial charge in [0.15, 0.2) is 0 Å². The van der Waals surface area contributed by atoms with Crippen molar-refractivity contribution in [2.75, 3.05) is 32.8 Å². The number of hydrogen-bond acceptors (Lipinski definition) is 4. The molecule has 0 radical (unpaired) electrons. The summed E-state index contributed by atoms with van der Waals surface area (Å²) in [6.45, 7) is 7.00. The lowest BCUT2D eigenvalue weighted by Gasteiger charge is -2.43. The third-order valence-electron chi connectivity index (χ3n) is 4.16. The summed E-state index contributed by atoms with van der Waals surface area (Å²) in [5.41, 5.74) is 0.281. The van der Waals surface area contributed by atoms with Crippen LogP contribution >= 0.6 is 24.0 Å². The minimum absolute atomic E-state index is 0. The molecule has 0 saturated carbocycles. The Morgan fingerprint density at radius 1 is 1.28 bits per heavy atom. The van der Waals surface area contributed by atoms with Crippen molar-refractivity contribution in [3.05, 3.63) is 28.8 Å². The maximum Gasteiger partial charge on any atom is 0.573 e. The molecule has 0 unspecified atom stereocenters. The van der Waals surface area contributed by atoms with Gasteiger partial charge in [-0.05, 0) is 17.7 Å². The van der Waals surface area contributed by atoms with Gasteiger partial charge in [-0.2, -0.15) is 0 Å². The monoisotopic (exact) mass is 402 g/mol. The molecule has 1 saturated heterocycles. The van der Waals surface area contributed by atoms with Crippen molar-refractivity contribution in [2.45, 2.75) is 26.3 Å². The maximum atomic E-state index is 12.4. The fourth-order valence-corrected chi connectivity index (χ4v) is 3.31. The molecule has 9 heteroatoms. The lowest BCUT2D eigenvalue weighted by Crippen LogP contribution is -2.49. The molecule has 144 valence electrons. The lowest BCUT2D eigenvalue weighted by atomic mass is 9.79. The van der Waals surface area contributed by atoms with Gasteiger partial charge in [0.05, 0.1) is 5.02 Å². The smallest absolute Gasteiger partial charge is 0.404 e. The number of ether oxygens (including phenoxy) is 1. The largest absolute Gasteiger partial charge is 0.573 e. The molecule has 25 heavy (non-hydrogen) atoms. The van der Waals surface area contributed by atoms with Crippen LogP contribution in [0.4, 0.5) is 13.2 Å². The first kappa shape index (κ1) is 22.3. The van der Waals surface area contributed by atoms with E-state index < -0.39 is 17.5 Å². The predicted octanol–water partition coefficient (Wildman–Crippen LogP) is 3.63. The highest BCUT2D eigenvalue weighted by molar-refractivity contribution is 6.32. The summed E-state index contributed by atoms with van der Waals surface area (Å²) in [6.07, 6.45) is -4.78. The second-order valence-corrected chi connectivity index (χ2v) is 6.98. The molecule has 1 heterocycles. The van der Waals surface area contributed by atoms with Gasteiger partial charge in [-0.15, -0.1) is 25.6 Å². The van der Waals surface area contributed by atoms with Gasteiger partial charge in [0.2, 0.25) is 0 Å². The second-order valence-electron chi connectivity index (χ2n) is 6.57. The molecule has 2 N–H and O–H groups in total. The molecular weight excluding hydrogens is 380 g/mol. The van der Waals surface area contributed by atoms with Crippen LogP contribution in [0, 0.1) is 5.41 Å². The maximum absolute atomic E-state index is 12.4. The van der Waals surface area contributed by atoms with Crippen LogP contribution in [0.3, 0.4) is 0 Å². The number of aliphatic hydroxyl groups excluding tert-OH is 1. The summed E-state index contributed by atoms with van der Waals surface area (Å²) in [4.78, 5) is 2.21. The highest BCUT2D eigenvalue weighted by Gasteiger charge is 2.37. The Morgan fingerprint density at radius 2 is 1.88 bits per heavy atom. The molecule has 0 bridgehead atoms. The second kappa shape index (κ2) is 8.77. The van der Waals surface area contributed by atoms with Crippen LogP contribution in [0.1, 0.15) is 25.5 Å². The Balaban J connectivity index is 0.00000312. The minimum Gasteiger partial charge on any atom is -0.404 e. The topological polar surface area (TPSA) is 44.7 Å². The third kappa shape index (κ3) is 5.89. The zero-order chi connectivity index (χ0) is 18.0. The molecule has 1 aromatic carbocycles. The van der Waals surface area contributed by atoms with Crippen LogP contribution in [0.25, 0.3) is 0 Å². The van der Waals surface area contributed by atoms with E-state index in [1.165, 1.54) is 12.1 Å². The number of nitrogens with one attached hydrogen (secondary N) is 1. The first-order chi connectivity index (χ1) is 11.1. The normalized spacial score (nSPS) is 17.7. The Morgan fingerprint density at radius 3 is 2.36 bits per heavy atom. The molecule has 1 aliphatic rings. The standard InChI is InChI=1S/C16H22ClF3N2O2.ClH/c1-15(2,10-23)14(22-7-5-21-6-8-22)11-3-4-13(12(17)9-11)24-16(18,19)20;/h3-4,9,14,21,23H,5-8,10H2,1-2H3;1H/t14-;/m1./s1. The predicted molar refractivity (Wildman–Crippen MR) is 93.4 cm³/mol. The van der Waals surface area contributed by atoms with E-state index in [1.807, 2.05) is 13.8 Å². The van der Waals surface area contributed by atoms with Crippen LogP contribution in [-0.2, 0) is 0 Å². The summed E-state index contributed by atoms with van der Waals surface area (Å²) < 4.78 is 41.1. The van der Waals surface area contributed by atoms with Gasteiger partial charge in [-0.3, -0.25) is 4.90 Å². The number of halogens is 5. The van der Waals surface area contributed by atoms with E-state index in [0.29, 0.717) is 0 Å². The Bertz CT molecular complexity index is 565. The number of rotatable bonds is 5. The SMILES string of the molecule is CC(C)(CO)[C@@H](c1ccc(OC(F)(F)F)c(Cl)c1)N1CCNCC1.Cl. The van der Waals surface area contributed by atoms with Crippen LogP contribution < -0.4 is 10.1 Å². The molecule has 0 aliphatic carbocycles. The molecule has 0 aromatic heterocycles. The first-order valence-corrected chi connectivity index (χ1v) is 8.13. The van der Waals surface area contributed by atoms with Gasteiger partial charge in [-0.1, -0.05) is 31.5 Å². The summed E-state index contributed by atoms with van der Waals surface area (Å²) in [6, 6.07) is 4.14. The van der Waals surface area contributed by atoms with Crippen LogP contribution in [-0.4, -0.2) is 49.2 Å². The van der Waals surface area contributed by atoms with Gasteiger partial charge in [0.1, 0.15) is 5.75 Å². The number of alkyl halides is 3. The number of aliphatic hydroxyl groups is 1. The van der Waals surface area contributed by atoms with E-state index in [4.69, 9.17) is 11.6 Å². The van der Waals surface area contributed by atoms with E-state index in [-0.39, 0.29) is 30.1 Å². The quantitative estimate of drug-likeness (QED) is 0.789. The van der Waals surface area contributed by atoms with Gasteiger partial charge >= 0.3 is 6.36 Å². The number of piperazine rings is 1. The molecule has 1 aliphatic heterocycles. The highest BCUT2D eigenvalue weighted by atomic mass is 35.5. The number of nitrogens with zero attached hydrogens (tertiary/aromatic N) is 1. The zero-order valence-corrected chi connectivity index (χ0v) is 15.6. The van der Waals surface area contributed by atoms with E-state index in [2.05, 4.69) is 15.0 Å². The van der Waals surface area contributed by atoms with Crippen LogP contribution in [0.5, 0.6) is 5.75 Å². The lowest BCUT2D eigenvalue weighted by molar-refractivity contribution is -0.274. The Labute approximate surface area is 156 Å². The fourth-order valence-electron chi connectivity index (χ4n) is 3.08. The third-order valence-corrected chi connectivity index (χ3v) is 4.46. The average Bonchev–Trinajstić information content (AvgIpc) is 2.50. The van der Waals surface area contributed by atoms with Crippen molar-refractivity contribution in [1.29, 1.82) is 0 Å². The van der Waals surface area contributed by atoms with Gasteiger partial charge in [-0.25, -0.2) is 0 Å². The Hall–Kier alpha value is -0.730. The first-order valence-electron chi connectivity index (χ1n) is 7.75. The van der Waals surface area contributed by atoms with Crippen molar-refractivity contribution < 1.29 is 23.0 Å². The van der Waals surface area contributed by atoms with Crippen molar-refractivity contribution in [1.82, 2.24) is 10.2 Å². The Kier molecular flexibility index (Phi) is 7.83. The zero-order valence-electron chi connectivity index (χ0n) is 14.1. The minimum atomic E-state index is -4.78. The van der Waals surface area contributed by atoms with Crippen molar-refractivity contribution >= 4 is 24.0 Å².